The molecule has 102 valence electrons. The zero-order valence-electron chi connectivity index (χ0n) is 10.8. The maximum absolute atomic E-state index is 11.7. The van der Waals surface area contributed by atoms with Gasteiger partial charge < -0.3 is 5.11 Å². The van der Waals surface area contributed by atoms with Crippen LogP contribution in [0.5, 0.6) is 0 Å². The van der Waals surface area contributed by atoms with Crippen molar-refractivity contribution in [3.8, 4) is 0 Å². The third-order valence-corrected chi connectivity index (χ3v) is 6.19. The van der Waals surface area contributed by atoms with Gasteiger partial charge in [-0.1, -0.05) is 13.8 Å². The summed E-state index contributed by atoms with van der Waals surface area (Å²) in [5, 5.41) is 9.88. The molecule has 0 radical (unpaired) electrons. The van der Waals surface area contributed by atoms with Crippen molar-refractivity contribution in [2.75, 3.05) is 30.9 Å². The van der Waals surface area contributed by atoms with Crippen LogP contribution in [-0.2, 0) is 9.84 Å². The van der Waals surface area contributed by atoms with Crippen LogP contribution in [0.25, 0.3) is 0 Å². The molecule has 1 rings (SSSR count). The number of aliphatic hydroxyl groups is 1. The van der Waals surface area contributed by atoms with Crippen molar-refractivity contribution < 1.29 is 13.5 Å². The molecule has 0 saturated carbocycles. The Morgan fingerprint density at radius 1 is 1.41 bits per heavy atom. The largest absolute Gasteiger partial charge is 0.389 e. The Kier molecular flexibility index (Phi) is 5.31. The maximum Gasteiger partial charge on any atom is 0.164 e. The van der Waals surface area contributed by atoms with Gasteiger partial charge in [0.05, 0.1) is 5.60 Å². The molecule has 0 amide bonds. The molecule has 1 aliphatic heterocycles. The molecule has 1 heterocycles. The Morgan fingerprint density at radius 3 is 2.47 bits per heavy atom. The molecule has 0 bridgehead atoms. The van der Waals surface area contributed by atoms with E-state index in [0.29, 0.717) is 25.1 Å². The van der Waals surface area contributed by atoms with Crippen LogP contribution in [0.15, 0.2) is 0 Å². The Labute approximate surface area is 109 Å². The van der Waals surface area contributed by atoms with Crippen LogP contribution in [0.2, 0.25) is 0 Å². The van der Waals surface area contributed by atoms with E-state index in [4.69, 9.17) is 0 Å². The summed E-state index contributed by atoms with van der Waals surface area (Å²) in [5.74, 6) is 1.55. The topological polar surface area (TPSA) is 57.6 Å². The maximum atomic E-state index is 11.7. The van der Waals surface area contributed by atoms with Gasteiger partial charge in [0.25, 0.3) is 0 Å². The highest BCUT2D eigenvalue weighted by Crippen LogP contribution is 2.24. The van der Waals surface area contributed by atoms with Gasteiger partial charge in [0, 0.05) is 30.9 Å². The normalized spacial score (nSPS) is 23.9. The molecule has 0 aromatic heterocycles. The van der Waals surface area contributed by atoms with E-state index in [9.17, 15) is 13.5 Å². The average molecular weight is 281 g/mol. The van der Waals surface area contributed by atoms with Gasteiger partial charge in [-0.15, -0.1) is 0 Å². The smallest absolute Gasteiger partial charge is 0.164 e. The SMILES string of the molecule is CCC(O)(CC)CN1CCSCC1S(C)(=O)=O. The molecular formula is C11H23NO3S2. The lowest BCUT2D eigenvalue weighted by Gasteiger charge is -2.39. The third kappa shape index (κ3) is 4.12. The highest BCUT2D eigenvalue weighted by Gasteiger charge is 2.35. The second kappa shape index (κ2) is 5.91. The van der Waals surface area contributed by atoms with Crippen molar-refractivity contribution >= 4 is 21.6 Å². The molecular weight excluding hydrogens is 258 g/mol. The summed E-state index contributed by atoms with van der Waals surface area (Å²) < 4.78 is 23.4. The minimum absolute atomic E-state index is 0.439. The Morgan fingerprint density at radius 2 is 2.00 bits per heavy atom. The number of sulfone groups is 1. The fourth-order valence-corrected chi connectivity index (χ4v) is 4.98. The van der Waals surface area contributed by atoms with Crippen LogP contribution in [0.4, 0.5) is 0 Å². The van der Waals surface area contributed by atoms with E-state index in [1.54, 1.807) is 11.8 Å². The second-order valence-electron chi connectivity index (χ2n) is 4.76. The summed E-state index contributed by atoms with van der Waals surface area (Å²) >= 11 is 1.67. The first-order valence-electron chi connectivity index (χ1n) is 6.05. The van der Waals surface area contributed by atoms with Crippen molar-refractivity contribution in [3.05, 3.63) is 0 Å². The minimum Gasteiger partial charge on any atom is -0.389 e. The highest BCUT2D eigenvalue weighted by molar-refractivity contribution is 8.00. The summed E-state index contributed by atoms with van der Waals surface area (Å²) in [4.78, 5) is 1.93. The molecule has 1 saturated heterocycles. The number of β-amino-alcohol motifs (C(OH)–C–C–N with tert-alkyl or cyclic N) is 1. The van der Waals surface area contributed by atoms with Crippen molar-refractivity contribution in [1.29, 1.82) is 0 Å². The fourth-order valence-electron chi connectivity index (χ4n) is 2.04. The number of hydrogen-bond donors (Lipinski definition) is 1. The van der Waals surface area contributed by atoms with Crippen LogP contribution in [-0.4, -0.2) is 60.3 Å². The summed E-state index contributed by atoms with van der Waals surface area (Å²) in [6, 6.07) is 0. The zero-order valence-corrected chi connectivity index (χ0v) is 12.5. The lowest BCUT2D eigenvalue weighted by Crippen LogP contribution is -2.53. The molecule has 17 heavy (non-hydrogen) atoms. The van der Waals surface area contributed by atoms with E-state index >= 15 is 0 Å². The van der Waals surface area contributed by atoms with E-state index in [0.717, 1.165) is 12.3 Å². The van der Waals surface area contributed by atoms with Crippen LogP contribution in [0, 0.1) is 0 Å². The molecule has 0 spiro atoms. The van der Waals surface area contributed by atoms with E-state index in [1.165, 1.54) is 6.26 Å². The van der Waals surface area contributed by atoms with Gasteiger partial charge in [0.15, 0.2) is 9.84 Å². The first-order valence-corrected chi connectivity index (χ1v) is 9.16. The molecule has 0 aromatic carbocycles. The summed E-state index contributed by atoms with van der Waals surface area (Å²) in [6.07, 6.45) is 2.60. The predicted molar refractivity (Wildman–Crippen MR) is 73.1 cm³/mol. The predicted octanol–water partition coefficient (Wildman–Crippen LogP) is 0.957. The second-order valence-corrected chi connectivity index (χ2v) is 8.11. The van der Waals surface area contributed by atoms with E-state index < -0.39 is 20.8 Å². The van der Waals surface area contributed by atoms with E-state index in [1.807, 2.05) is 18.7 Å². The van der Waals surface area contributed by atoms with Gasteiger partial charge in [-0.05, 0) is 12.8 Å². The van der Waals surface area contributed by atoms with Gasteiger partial charge >= 0.3 is 0 Å². The van der Waals surface area contributed by atoms with Crippen LogP contribution < -0.4 is 0 Å². The molecule has 1 N–H and O–H groups in total. The van der Waals surface area contributed by atoms with Crippen molar-refractivity contribution in [1.82, 2.24) is 4.90 Å². The van der Waals surface area contributed by atoms with Crippen LogP contribution in [0.3, 0.4) is 0 Å². The summed E-state index contributed by atoms with van der Waals surface area (Å²) in [7, 11) is -3.07. The molecule has 1 aliphatic rings. The van der Waals surface area contributed by atoms with Gasteiger partial charge in [0.1, 0.15) is 5.37 Å². The molecule has 0 aliphatic carbocycles. The Balaban J connectivity index is 2.79. The molecule has 1 atom stereocenters. The van der Waals surface area contributed by atoms with Crippen LogP contribution >= 0.6 is 11.8 Å². The highest BCUT2D eigenvalue weighted by atomic mass is 32.2. The number of rotatable bonds is 5. The first-order chi connectivity index (χ1) is 7.82. The van der Waals surface area contributed by atoms with E-state index in [2.05, 4.69) is 0 Å². The fraction of sp³-hybridized carbons (Fsp3) is 1.00. The zero-order chi connectivity index (χ0) is 13.1. The molecule has 1 fully saturated rings. The molecule has 0 aromatic rings. The number of nitrogens with zero attached hydrogens (tertiary/aromatic N) is 1. The van der Waals surface area contributed by atoms with Gasteiger partial charge in [0.2, 0.25) is 0 Å². The molecule has 1 unspecified atom stereocenters. The number of hydrogen-bond acceptors (Lipinski definition) is 5. The molecule has 6 heteroatoms. The quantitative estimate of drug-likeness (QED) is 0.813. The standard InChI is InChI=1S/C11H23NO3S2/c1-4-11(13,5-2)9-12-6-7-16-8-10(12)17(3,14)15/h10,13H,4-9H2,1-3H3. The van der Waals surface area contributed by atoms with Crippen molar-refractivity contribution in [2.45, 2.75) is 37.7 Å². The van der Waals surface area contributed by atoms with Gasteiger partial charge in [-0.3, -0.25) is 4.90 Å². The average Bonchev–Trinajstić information content (AvgIpc) is 2.28. The third-order valence-electron chi connectivity index (χ3n) is 3.50. The molecule has 4 nitrogen and oxygen atoms in total. The van der Waals surface area contributed by atoms with E-state index in [-0.39, 0.29) is 0 Å². The first kappa shape index (κ1) is 15.3. The summed E-state index contributed by atoms with van der Waals surface area (Å²) in [6.45, 7) is 5.08. The number of thioether (sulfide) groups is 1. The van der Waals surface area contributed by atoms with Crippen molar-refractivity contribution in [2.24, 2.45) is 0 Å². The monoisotopic (exact) mass is 281 g/mol. The lowest BCUT2D eigenvalue weighted by atomic mass is 9.97. The lowest BCUT2D eigenvalue weighted by molar-refractivity contribution is -0.00440. The Hall–Kier alpha value is 0.220. The van der Waals surface area contributed by atoms with Gasteiger partial charge in [-0.25, -0.2) is 8.42 Å². The van der Waals surface area contributed by atoms with Crippen molar-refractivity contribution in [3.63, 3.8) is 0 Å². The minimum atomic E-state index is -3.07. The van der Waals surface area contributed by atoms with Crippen LogP contribution in [0.1, 0.15) is 26.7 Å². The summed E-state index contributed by atoms with van der Waals surface area (Å²) in [5.41, 5.74) is -0.759. The van der Waals surface area contributed by atoms with Gasteiger partial charge in [-0.2, -0.15) is 11.8 Å². The Bertz CT molecular complexity index is 339.